The molecule has 0 saturated heterocycles. The highest BCUT2D eigenvalue weighted by Crippen LogP contribution is 2.18. The van der Waals surface area contributed by atoms with Gasteiger partial charge in [0.1, 0.15) is 24.5 Å². The smallest absolute Gasteiger partial charge is 0.150 e. The summed E-state index contributed by atoms with van der Waals surface area (Å²) in [5.74, 6) is -0.211. The molecule has 0 aliphatic rings. The van der Waals surface area contributed by atoms with Crippen molar-refractivity contribution in [2.45, 2.75) is 13.5 Å². The molecule has 2 aromatic rings. The lowest BCUT2D eigenvalue weighted by Gasteiger charge is -2.09. The maximum Gasteiger partial charge on any atom is 0.150 e. The number of nitriles is 1. The highest BCUT2D eigenvalue weighted by atomic mass is 19.1. The Kier molecular flexibility index (Phi) is 4.11. The number of hydrogen-bond donors (Lipinski definition) is 0. The second-order valence-corrected chi connectivity index (χ2v) is 4.38. The largest absolute Gasteiger partial charge is 0.489 e. The van der Waals surface area contributed by atoms with Crippen LogP contribution in [0.15, 0.2) is 36.4 Å². The molecule has 0 bridgehead atoms. The van der Waals surface area contributed by atoms with Gasteiger partial charge in [0, 0.05) is 11.6 Å². The summed E-state index contributed by atoms with van der Waals surface area (Å²) in [6, 6.07) is 11.2. The Morgan fingerprint density at radius 2 is 2.10 bits per heavy atom. The maximum atomic E-state index is 13.2. The molecule has 0 fully saturated rings. The molecule has 0 aromatic heterocycles. The molecule has 0 atom stereocenters. The van der Waals surface area contributed by atoms with Crippen molar-refractivity contribution in [3.63, 3.8) is 0 Å². The van der Waals surface area contributed by atoms with Gasteiger partial charge in [-0.05, 0) is 42.3 Å². The molecule has 2 rings (SSSR count). The number of nitrogens with zero attached hydrogens (tertiary/aromatic N) is 1. The number of carbonyl (C=O) groups is 1. The van der Waals surface area contributed by atoms with Crippen molar-refractivity contribution in [3.05, 3.63) is 64.5 Å². The molecule has 3 nitrogen and oxygen atoms in total. The van der Waals surface area contributed by atoms with Gasteiger partial charge >= 0.3 is 0 Å². The molecule has 0 spiro atoms. The third kappa shape index (κ3) is 3.21. The van der Waals surface area contributed by atoms with Gasteiger partial charge in [-0.25, -0.2) is 4.39 Å². The summed E-state index contributed by atoms with van der Waals surface area (Å²) in [6.07, 6.45) is 0.572. The van der Waals surface area contributed by atoms with Crippen molar-refractivity contribution in [1.29, 1.82) is 5.26 Å². The fourth-order valence-electron chi connectivity index (χ4n) is 1.82. The van der Waals surface area contributed by atoms with Crippen LogP contribution in [0.25, 0.3) is 0 Å². The van der Waals surface area contributed by atoms with Crippen LogP contribution in [-0.4, -0.2) is 6.29 Å². The standard InChI is InChI=1S/C16H12FNO2/c1-11-4-12(8-18)2-3-14(11)10-20-16-6-13(9-19)5-15(17)7-16/h2-7,9H,10H2,1H3. The van der Waals surface area contributed by atoms with Gasteiger partial charge in [-0.15, -0.1) is 0 Å². The zero-order valence-corrected chi connectivity index (χ0v) is 10.9. The minimum atomic E-state index is -0.513. The van der Waals surface area contributed by atoms with E-state index in [1.54, 1.807) is 18.2 Å². The average molecular weight is 269 g/mol. The number of aldehydes is 1. The Morgan fingerprint density at radius 3 is 2.75 bits per heavy atom. The van der Waals surface area contributed by atoms with Crippen molar-refractivity contribution in [3.8, 4) is 11.8 Å². The summed E-state index contributed by atoms with van der Waals surface area (Å²) < 4.78 is 18.7. The fraction of sp³-hybridized carbons (Fsp3) is 0.125. The Hall–Kier alpha value is -2.67. The second-order valence-electron chi connectivity index (χ2n) is 4.38. The molecule has 0 aliphatic heterocycles. The number of carbonyl (C=O) groups excluding carboxylic acids is 1. The van der Waals surface area contributed by atoms with Crippen molar-refractivity contribution in [2.24, 2.45) is 0 Å². The van der Waals surface area contributed by atoms with E-state index in [1.807, 2.05) is 6.92 Å². The molecule has 0 N–H and O–H groups in total. The van der Waals surface area contributed by atoms with E-state index in [-0.39, 0.29) is 12.2 Å². The van der Waals surface area contributed by atoms with Gasteiger partial charge in [0.05, 0.1) is 11.6 Å². The summed E-state index contributed by atoms with van der Waals surface area (Å²) >= 11 is 0. The van der Waals surface area contributed by atoms with Crippen LogP contribution in [0.3, 0.4) is 0 Å². The van der Waals surface area contributed by atoms with E-state index in [2.05, 4.69) is 6.07 Å². The first kappa shape index (κ1) is 13.8. The van der Waals surface area contributed by atoms with Gasteiger partial charge in [0.25, 0.3) is 0 Å². The fourth-order valence-corrected chi connectivity index (χ4v) is 1.82. The lowest BCUT2D eigenvalue weighted by Crippen LogP contribution is -1.99. The van der Waals surface area contributed by atoms with Gasteiger partial charge in [0.2, 0.25) is 0 Å². The lowest BCUT2D eigenvalue weighted by molar-refractivity contribution is 0.112. The van der Waals surface area contributed by atoms with Crippen LogP contribution in [0.2, 0.25) is 0 Å². The molecule has 0 saturated carbocycles. The van der Waals surface area contributed by atoms with E-state index >= 15 is 0 Å². The predicted octanol–water partition coefficient (Wildman–Crippen LogP) is 3.40. The number of ether oxygens (including phenoxy) is 1. The van der Waals surface area contributed by atoms with E-state index in [0.29, 0.717) is 17.6 Å². The third-order valence-corrected chi connectivity index (χ3v) is 2.90. The Bertz CT molecular complexity index is 689. The average Bonchev–Trinajstić information content (AvgIpc) is 2.45. The molecule has 0 aliphatic carbocycles. The number of hydrogen-bond acceptors (Lipinski definition) is 3. The van der Waals surface area contributed by atoms with Crippen LogP contribution in [0, 0.1) is 24.1 Å². The molecule has 0 unspecified atom stereocenters. The molecule has 0 radical (unpaired) electrons. The summed E-state index contributed by atoms with van der Waals surface area (Å²) in [5.41, 5.74) is 2.65. The third-order valence-electron chi connectivity index (χ3n) is 2.90. The van der Waals surface area contributed by atoms with Crippen molar-refractivity contribution in [1.82, 2.24) is 0 Å². The van der Waals surface area contributed by atoms with E-state index < -0.39 is 5.82 Å². The molecule has 2 aromatic carbocycles. The van der Waals surface area contributed by atoms with Crippen LogP contribution in [0.4, 0.5) is 4.39 Å². The van der Waals surface area contributed by atoms with Gasteiger partial charge in [0.15, 0.2) is 0 Å². The summed E-state index contributed by atoms with van der Waals surface area (Å²) in [4.78, 5) is 10.7. The van der Waals surface area contributed by atoms with Crippen molar-refractivity contribution < 1.29 is 13.9 Å². The first-order valence-electron chi connectivity index (χ1n) is 6.00. The van der Waals surface area contributed by atoms with Gasteiger partial charge in [-0.2, -0.15) is 5.26 Å². The molecular formula is C16H12FNO2. The van der Waals surface area contributed by atoms with Gasteiger partial charge in [-0.1, -0.05) is 6.07 Å². The maximum absolute atomic E-state index is 13.2. The molecular weight excluding hydrogens is 257 g/mol. The van der Waals surface area contributed by atoms with E-state index in [1.165, 1.54) is 12.1 Å². The monoisotopic (exact) mass is 269 g/mol. The number of rotatable bonds is 4. The van der Waals surface area contributed by atoms with Gasteiger partial charge < -0.3 is 4.74 Å². The molecule has 0 amide bonds. The highest BCUT2D eigenvalue weighted by molar-refractivity contribution is 5.75. The van der Waals surface area contributed by atoms with Crippen LogP contribution in [0.5, 0.6) is 5.75 Å². The molecule has 0 heterocycles. The molecule has 20 heavy (non-hydrogen) atoms. The topological polar surface area (TPSA) is 50.1 Å². The summed E-state index contributed by atoms with van der Waals surface area (Å²) in [5, 5.41) is 8.79. The second kappa shape index (κ2) is 5.98. The number of aryl methyl sites for hydroxylation is 1. The zero-order valence-electron chi connectivity index (χ0n) is 10.9. The minimum absolute atomic E-state index is 0.233. The zero-order chi connectivity index (χ0) is 14.5. The summed E-state index contributed by atoms with van der Waals surface area (Å²) in [7, 11) is 0. The van der Waals surface area contributed by atoms with Crippen molar-refractivity contribution in [2.75, 3.05) is 0 Å². The Labute approximate surface area is 116 Å². The van der Waals surface area contributed by atoms with E-state index in [0.717, 1.165) is 17.2 Å². The number of benzene rings is 2. The predicted molar refractivity (Wildman–Crippen MR) is 72.0 cm³/mol. The minimum Gasteiger partial charge on any atom is -0.489 e. The first-order valence-corrected chi connectivity index (χ1v) is 6.00. The molecule has 4 heteroatoms. The van der Waals surface area contributed by atoms with Crippen LogP contribution < -0.4 is 4.74 Å². The number of halogens is 1. The van der Waals surface area contributed by atoms with Crippen LogP contribution in [-0.2, 0) is 6.61 Å². The van der Waals surface area contributed by atoms with Crippen molar-refractivity contribution >= 4 is 6.29 Å². The Morgan fingerprint density at radius 1 is 1.30 bits per heavy atom. The van der Waals surface area contributed by atoms with Crippen LogP contribution >= 0.6 is 0 Å². The van der Waals surface area contributed by atoms with Crippen LogP contribution in [0.1, 0.15) is 27.0 Å². The first-order chi connectivity index (χ1) is 9.62. The van der Waals surface area contributed by atoms with E-state index in [4.69, 9.17) is 10.00 Å². The summed E-state index contributed by atoms with van der Waals surface area (Å²) in [6.45, 7) is 2.13. The SMILES string of the molecule is Cc1cc(C#N)ccc1COc1cc(F)cc(C=O)c1. The lowest BCUT2D eigenvalue weighted by atomic mass is 10.1. The highest BCUT2D eigenvalue weighted by Gasteiger charge is 2.04. The quantitative estimate of drug-likeness (QED) is 0.799. The normalized spacial score (nSPS) is 9.85. The Balaban J connectivity index is 2.15. The van der Waals surface area contributed by atoms with Gasteiger partial charge in [-0.3, -0.25) is 4.79 Å². The molecule has 100 valence electrons. The van der Waals surface area contributed by atoms with E-state index in [9.17, 15) is 9.18 Å².